The summed E-state index contributed by atoms with van der Waals surface area (Å²) in [4.78, 5) is 17.8. The minimum absolute atomic E-state index is 0.0405. The summed E-state index contributed by atoms with van der Waals surface area (Å²) >= 11 is 1.80. The lowest BCUT2D eigenvalue weighted by Crippen LogP contribution is -2.31. The molecule has 29 heavy (non-hydrogen) atoms. The number of aromatic nitrogens is 2. The van der Waals surface area contributed by atoms with Crippen LogP contribution in [-0.2, 0) is 6.54 Å². The molecule has 0 spiro atoms. The number of carbonyl (C=O) groups excluding carboxylic acids is 1. The summed E-state index contributed by atoms with van der Waals surface area (Å²) in [5.41, 5.74) is 2.84. The van der Waals surface area contributed by atoms with E-state index in [1.807, 2.05) is 36.4 Å². The van der Waals surface area contributed by atoms with E-state index < -0.39 is 0 Å². The minimum Gasteiger partial charge on any atom is -0.342 e. The number of hydrogen-bond donors (Lipinski definition) is 1. The molecule has 3 rings (SSSR count). The highest BCUT2D eigenvalue weighted by Crippen LogP contribution is 2.25. The summed E-state index contributed by atoms with van der Waals surface area (Å²) in [7, 11) is 0. The number of benzene rings is 2. The van der Waals surface area contributed by atoms with Crippen LogP contribution in [0.4, 0.5) is 0 Å². The maximum absolute atomic E-state index is 12.9. The van der Waals surface area contributed by atoms with Crippen molar-refractivity contribution in [3.8, 4) is 0 Å². The van der Waals surface area contributed by atoms with E-state index in [9.17, 15) is 4.79 Å². The van der Waals surface area contributed by atoms with Crippen molar-refractivity contribution in [2.75, 3.05) is 12.0 Å². The predicted octanol–water partition coefficient (Wildman–Crippen LogP) is 5.84. The van der Waals surface area contributed by atoms with Gasteiger partial charge >= 0.3 is 0 Å². The van der Waals surface area contributed by atoms with E-state index in [2.05, 4.69) is 41.3 Å². The number of thioether (sulfide) groups is 1. The third-order valence-electron chi connectivity index (χ3n) is 5.18. The zero-order chi connectivity index (χ0) is 20.5. The zero-order valence-electron chi connectivity index (χ0n) is 17.4. The van der Waals surface area contributed by atoms with Crippen LogP contribution >= 0.6 is 11.8 Å². The minimum atomic E-state index is -0.103. The molecule has 0 aliphatic rings. The van der Waals surface area contributed by atoms with Crippen molar-refractivity contribution in [3.63, 3.8) is 0 Å². The summed E-state index contributed by atoms with van der Waals surface area (Å²) < 4.78 is 2.32. The van der Waals surface area contributed by atoms with Crippen molar-refractivity contribution in [1.29, 1.82) is 0 Å². The fraction of sp³-hybridized carbons (Fsp3) is 0.417. The van der Waals surface area contributed by atoms with Gasteiger partial charge in [-0.3, -0.25) is 4.79 Å². The van der Waals surface area contributed by atoms with Crippen LogP contribution < -0.4 is 5.32 Å². The number of unbranched alkanes of at least 4 members (excludes halogenated alkanes) is 3. The second kappa shape index (κ2) is 11.1. The fourth-order valence-corrected chi connectivity index (χ4v) is 4.10. The molecule has 4 nitrogen and oxygen atoms in total. The number of nitrogens with one attached hydrogen (secondary N) is 1. The molecule has 0 unspecified atom stereocenters. The number of hydrogen-bond acceptors (Lipinski definition) is 3. The SMILES string of the molecule is CCCCCCn1c([C@H](CCSC)NC(=O)c2ccccc2)nc2ccccc21. The van der Waals surface area contributed by atoms with Gasteiger partial charge in [-0.15, -0.1) is 0 Å². The third kappa shape index (κ3) is 5.63. The standard InChI is InChI=1S/C24H31N3OS/c1-3-4-5-11-17-27-22-15-10-9-14-20(22)25-23(27)21(16-18-29-2)26-24(28)19-12-7-6-8-13-19/h6-10,12-15,21H,3-5,11,16-18H2,1-2H3,(H,26,28)/t21-/m0/s1. The van der Waals surface area contributed by atoms with Crippen molar-refractivity contribution in [3.05, 3.63) is 66.0 Å². The molecule has 0 aliphatic heterocycles. The third-order valence-corrected chi connectivity index (χ3v) is 5.83. The van der Waals surface area contributed by atoms with Crippen LogP contribution in [0.1, 0.15) is 61.3 Å². The Morgan fingerprint density at radius 1 is 1.07 bits per heavy atom. The van der Waals surface area contributed by atoms with Crippen molar-refractivity contribution in [1.82, 2.24) is 14.9 Å². The Hall–Kier alpha value is -2.27. The number of amides is 1. The van der Waals surface area contributed by atoms with Crippen LogP contribution in [0.15, 0.2) is 54.6 Å². The molecular weight excluding hydrogens is 378 g/mol. The smallest absolute Gasteiger partial charge is 0.251 e. The van der Waals surface area contributed by atoms with Crippen molar-refractivity contribution in [2.24, 2.45) is 0 Å². The van der Waals surface area contributed by atoms with E-state index in [1.165, 1.54) is 19.3 Å². The Bertz CT molecular complexity index is 907. The second-order valence-electron chi connectivity index (χ2n) is 7.34. The molecular formula is C24H31N3OS. The van der Waals surface area contributed by atoms with E-state index in [0.29, 0.717) is 5.56 Å². The first-order valence-corrected chi connectivity index (χ1v) is 11.9. The van der Waals surface area contributed by atoms with Crippen LogP contribution in [0.2, 0.25) is 0 Å². The fourth-order valence-electron chi connectivity index (χ4n) is 3.62. The lowest BCUT2D eigenvalue weighted by atomic mass is 10.1. The number of rotatable bonds is 11. The molecule has 1 amide bonds. The summed E-state index contributed by atoms with van der Waals surface area (Å²) in [5, 5.41) is 3.25. The Morgan fingerprint density at radius 2 is 1.83 bits per heavy atom. The van der Waals surface area contributed by atoms with E-state index in [4.69, 9.17) is 4.98 Å². The van der Waals surface area contributed by atoms with Crippen LogP contribution in [0.3, 0.4) is 0 Å². The van der Waals surface area contributed by atoms with Gasteiger partial charge in [-0.05, 0) is 49.1 Å². The molecule has 0 saturated heterocycles. The summed E-state index contributed by atoms with van der Waals surface area (Å²) in [6, 6.07) is 17.6. The zero-order valence-corrected chi connectivity index (χ0v) is 18.3. The summed E-state index contributed by atoms with van der Waals surface area (Å²) in [6.07, 6.45) is 7.78. The van der Waals surface area contributed by atoms with Gasteiger partial charge in [0.05, 0.1) is 17.1 Å². The lowest BCUT2D eigenvalue weighted by Gasteiger charge is -2.20. The Balaban J connectivity index is 1.90. The first kappa shape index (κ1) is 21.4. The number of imidazole rings is 1. The molecule has 1 atom stereocenters. The first-order chi connectivity index (χ1) is 14.2. The number of para-hydroxylation sites is 2. The first-order valence-electron chi connectivity index (χ1n) is 10.5. The van der Waals surface area contributed by atoms with Gasteiger partial charge in [0.15, 0.2) is 0 Å². The molecule has 1 heterocycles. The monoisotopic (exact) mass is 409 g/mol. The molecule has 0 saturated carbocycles. The van der Waals surface area contributed by atoms with Gasteiger partial charge in [0.1, 0.15) is 5.82 Å². The van der Waals surface area contributed by atoms with E-state index in [1.54, 1.807) is 11.8 Å². The molecule has 1 N–H and O–H groups in total. The number of aryl methyl sites for hydroxylation is 1. The van der Waals surface area contributed by atoms with Crippen molar-refractivity contribution < 1.29 is 4.79 Å². The van der Waals surface area contributed by atoms with Crippen LogP contribution in [-0.4, -0.2) is 27.5 Å². The topological polar surface area (TPSA) is 46.9 Å². The molecule has 3 aromatic rings. The molecule has 0 aliphatic carbocycles. The number of fused-ring (bicyclic) bond motifs is 1. The van der Waals surface area contributed by atoms with Gasteiger partial charge in [0.2, 0.25) is 0 Å². The van der Waals surface area contributed by atoms with E-state index in [0.717, 1.165) is 42.0 Å². The molecule has 5 heteroatoms. The highest BCUT2D eigenvalue weighted by molar-refractivity contribution is 7.98. The van der Waals surface area contributed by atoms with Gasteiger partial charge in [0.25, 0.3) is 5.91 Å². The summed E-state index contributed by atoms with van der Waals surface area (Å²) in [6.45, 7) is 3.17. The van der Waals surface area contributed by atoms with Crippen molar-refractivity contribution in [2.45, 2.75) is 51.6 Å². The molecule has 0 fully saturated rings. The average molecular weight is 410 g/mol. The molecule has 1 aromatic heterocycles. The van der Waals surface area contributed by atoms with Gasteiger partial charge < -0.3 is 9.88 Å². The highest BCUT2D eigenvalue weighted by Gasteiger charge is 2.22. The Kier molecular flexibility index (Phi) is 8.17. The van der Waals surface area contributed by atoms with E-state index >= 15 is 0 Å². The van der Waals surface area contributed by atoms with Gasteiger partial charge in [0, 0.05) is 12.1 Å². The van der Waals surface area contributed by atoms with Crippen LogP contribution in [0.5, 0.6) is 0 Å². The molecule has 2 aromatic carbocycles. The predicted molar refractivity (Wildman–Crippen MR) is 124 cm³/mol. The average Bonchev–Trinajstić information content (AvgIpc) is 3.13. The van der Waals surface area contributed by atoms with Gasteiger partial charge in [-0.2, -0.15) is 11.8 Å². The Labute approximate surface area is 178 Å². The largest absolute Gasteiger partial charge is 0.342 e. The van der Waals surface area contributed by atoms with Crippen LogP contribution in [0.25, 0.3) is 11.0 Å². The quantitative estimate of drug-likeness (QED) is 0.405. The number of carbonyl (C=O) groups is 1. The molecule has 154 valence electrons. The maximum atomic E-state index is 12.9. The van der Waals surface area contributed by atoms with Gasteiger partial charge in [-0.1, -0.05) is 56.5 Å². The highest BCUT2D eigenvalue weighted by atomic mass is 32.2. The molecule has 0 radical (unpaired) electrons. The van der Waals surface area contributed by atoms with E-state index in [-0.39, 0.29) is 11.9 Å². The van der Waals surface area contributed by atoms with Gasteiger partial charge in [-0.25, -0.2) is 4.98 Å². The normalized spacial score (nSPS) is 12.2. The van der Waals surface area contributed by atoms with Crippen LogP contribution in [0, 0.1) is 0 Å². The molecule has 0 bridgehead atoms. The summed E-state index contributed by atoms with van der Waals surface area (Å²) in [5.74, 6) is 1.90. The maximum Gasteiger partial charge on any atom is 0.251 e. The number of nitrogens with zero attached hydrogens (tertiary/aromatic N) is 2. The Morgan fingerprint density at radius 3 is 2.59 bits per heavy atom. The second-order valence-corrected chi connectivity index (χ2v) is 8.33. The lowest BCUT2D eigenvalue weighted by molar-refractivity contribution is 0.0933. The van der Waals surface area contributed by atoms with Crippen molar-refractivity contribution >= 4 is 28.7 Å².